The van der Waals surface area contributed by atoms with E-state index in [1.165, 1.54) is 6.07 Å². The number of H-pyrrole nitrogens is 1. The molecule has 0 aliphatic carbocycles. The van der Waals surface area contributed by atoms with Crippen LogP contribution in [-0.4, -0.2) is 56.7 Å². The molecule has 0 saturated carbocycles. The molecule has 3 rings (SSSR count). The average Bonchev–Trinajstić information content (AvgIpc) is 3.18. The number of carbonyl (C=O) groups is 3. The Morgan fingerprint density at radius 1 is 1.03 bits per heavy atom. The van der Waals surface area contributed by atoms with Gasteiger partial charge in [0.05, 0.1) is 35.6 Å². The van der Waals surface area contributed by atoms with Gasteiger partial charge in [-0.1, -0.05) is 12.1 Å². The lowest BCUT2D eigenvalue weighted by molar-refractivity contribution is -0.142. The molecule has 0 bridgehead atoms. The number of aromatic amines is 1. The molecule has 170 valence electrons. The fourth-order valence-corrected chi connectivity index (χ4v) is 4.64. The van der Waals surface area contributed by atoms with E-state index in [1.54, 1.807) is 39.0 Å². The molecule has 2 N–H and O–H groups in total. The highest BCUT2D eigenvalue weighted by atomic mass is 32.2. The first-order valence-corrected chi connectivity index (χ1v) is 11.4. The zero-order chi connectivity index (χ0) is 23.5. The molecule has 10 nitrogen and oxygen atoms in total. The molecule has 0 radical (unpaired) electrons. The monoisotopic (exact) mass is 461 g/mol. The van der Waals surface area contributed by atoms with Crippen LogP contribution in [0.15, 0.2) is 34.2 Å². The smallest absolute Gasteiger partial charge is 0.340 e. The number of Topliss-reactive ketones (excluding diaryl/α,β-unsaturated/α-hetero) is 1. The molecule has 0 unspecified atom stereocenters. The quantitative estimate of drug-likeness (QED) is 0.449. The van der Waals surface area contributed by atoms with E-state index in [0.717, 1.165) is 0 Å². The number of fused-ring (bicyclic) bond motifs is 1. The van der Waals surface area contributed by atoms with Crippen molar-refractivity contribution in [2.75, 3.05) is 19.8 Å². The number of sulfonamides is 1. The summed E-state index contributed by atoms with van der Waals surface area (Å²) in [5.41, 5.74) is 1.66. The fourth-order valence-electron chi connectivity index (χ4n) is 3.39. The second kappa shape index (κ2) is 9.35. The van der Waals surface area contributed by atoms with Crippen molar-refractivity contribution in [3.63, 3.8) is 0 Å². The molecule has 11 heteroatoms. The third-order valence-corrected chi connectivity index (χ3v) is 6.14. The number of aromatic nitrogens is 1. The number of amidine groups is 1. The van der Waals surface area contributed by atoms with Gasteiger partial charge in [0.2, 0.25) is 5.78 Å². The van der Waals surface area contributed by atoms with Gasteiger partial charge in [-0.05, 0) is 32.9 Å². The summed E-state index contributed by atoms with van der Waals surface area (Å²) in [6, 6.07) is 6.38. The molecule has 0 amide bonds. The third-order valence-electron chi connectivity index (χ3n) is 4.75. The van der Waals surface area contributed by atoms with Gasteiger partial charge in [-0.2, -0.15) is 0 Å². The molecule has 1 aliphatic heterocycles. The van der Waals surface area contributed by atoms with Gasteiger partial charge < -0.3 is 14.5 Å². The van der Waals surface area contributed by atoms with Crippen LogP contribution in [0, 0.1) is 13.8 Å². The predicted molar refractivity (Wildman–Crippen MR) is 114 cm³/mol. The van der Waals surface area contributed by atoms with Gasteiger partial charge in [-0.3, -0.25) is 19.3 Å². The Labute approximate surface area is 185 Å². The molecule has 0 spiro atoms. The van der Waals surface area contributed by atoms with Crippen molar-refractivity contribution in [2.45, 2.75) is 32.1 Å². The van der Waals surface area contributed by atoms with E-state index in [9.17, 15) is 22.8 Å². The maximum atomic E-state index is 12.6. The van der Waals surface area contributed by atoms with Gasteiger partial charge in [-0.25, -0.2) is 13.2 Å². The van der Waals surface area contributed by atoms with Gasteiger partial charge in [0.1, 0.15) is 5.84 Å². The number of rotatable bonds is 8. The summed E-state index contributed by atoms with van der Waals surface area (Å²) in [6.45, 7) is 4.53. The van der Waals surface area contributed by atoms with Gasteiger partial charge in [0.25, 0.3) is 10.0 Å². The Morgan fingerprint density at radius 2 is 1.72 bits per heavy atom. The van der Waals surface area contributed by atoms with E-state index in [2.05, 4.69) is 14.7 Å². The zero-order valence-corrected chi connectivity index (χ0v) is 18.7. The lowest BCUT2D eigenvalue weighted by atomic mass is 10.1. The van der Waals surface area contributed by atoms with Crippen LogP contribution in [0.2, 0.25) is 0 Å². The molecule has 0 saturated heterocycles. The third kappa shape index (κ3) is 4.72. The summed E-state index contributed by atoms with van der Waals surface area (Å²) in [6.07, 6.45) is -0.156. The van der Waals surface area contributed by atoms with Crippen molar-refractivity contribution in [1.29, 1.82) is 0 Å². The number of hydrogen-bond acceptors (Lipinski definition) is 8. The molecule has 32 heavy (non-hydrogen) atoms. The van der Waals surface area contributed by atoms with Gasteiger partial charge in [0.15, 0.2) is 6.61 Å². The van der Waals surface area contributed by atoms with Crippen LogP contribution in [0.5, 0.6) is 0 Å². The number of ether oxygens (including phenoxy) is 2. The fraction of sp³-hybridized carbons (Fsp3) is 0.333. The average molecular weight is 461 g/mol. The molecule has 2 heterocycles. The maximum absolute atomic E-state index is 12.6. The Hall–Kier alpha value is -3.47. The second-order valence-corrected chi connectivity index (χ2v) is 8.66. The van der Waals surface area contributed by atoms with E-state index in [0.29, 0.717) is 17.0 Å². The van der Waals surface area contributed by atoms with Crippen LogP contribution in [-0.2, 0) is 24.3 Å². The molecule has 2 aromatic rings. The summed E-state index contributed by atoms with van der Waals surface area (Å²) in [5, 5.41) is 0. The summed E-state index contributed by atoms with van der Waals surface area (Å²) < 4.78 is 36.5. The molecule has 1 aromatic carbocycles. The first kappa shape index (κ1) is 23.2. The van der Waals surface area contributed by atoms with E-state index < -0.39 is 34.4 Å². The van der Waals surface area contributed by atoms with Gasteiger partial charge >= 0.3 is 11.9 Å². The Balaban J connectivity index is 1.59. The molecular weight excluding hydrogens is 438 g/mol. The first-order chi connectivity index (χ1) is 15.2. The topological polar surface area (TPSA) is 144 Å². The first-order valence-electron chi connectivity index (χ1n) is 9.87. The number of nitrogens with zero attached hydrogens (tertiary/aromatic N) is 1. The minimum atomic E-state index is -3.66. The number of hydrogen-bond donors (Lipinski definition) is 2. The minimum absolute atomic E-state index is 0.0322. The largest absolute Gasteiger partial charge is 0.462 e. The summed E-state index contributed by atoms with van der Waals surface area (Å²) in [4.78, 5) is 44.0. The van der Waals surface area contributed by atoms with Crippen LogP contribution >= 0.6 is 0 Å². The normalized spacial score (nSPS) is 15.2. The van der Waals surface area contributed by atoms with E-state index in [-0.39, 0.29) is 41.4 Å². The highest BCUT2D eigenvalue weighted by molar-refractivity contribution is 7.90. The summed E-state index contributed by atoms with van der Waals surface area (Å²) in [5.74, 6) is -1.69. The summed E-state index contributed by atoms with van der Waals surface area (Å²) >= 11 is 0. The van der Waals surface area contributed by atoms with Gasteiger partial charge in [-0.15, -0.1) is 0 Å². The number of carbonyl (C=O) groups excluding carboxylic acids is 3. The number of aryl methyl sites for hydroxylation is 2. The maximum Gasteiger partial charge on any atom is 0.340 e. The molecular formula is C21H23N3O7S. The molecule has 0 fully saturated rings. The van der Waals surface area contributed by atoms with Crippen molar-refractivity contribution >= 4 is 33.6 Å². The highest BCUT2D eigenvalue weighted by Crippen LogP contribution is 2.22. The van der Waals surface area contributed by atoms with E-state index in [1.807, 2.05) is 0 Å². The lowest BCUT2D eigenvalue weighted by Gasteiger charge is -2.07. The van der Waals surface area contributed by atoms with Crippen molar-refractivity contribution in [2.24, 2.45) is 4.99 Å². The Bertz CT molecular complexity index is 1210. The van der Waals surface area contributed by atoms with Crippen LogP contribution in [0.25, 0.3) is 0 Å². The van der Waals surface area contributed by atoms with Crippen LogP contribution < -0.4 is 4.72 Å². The minimum Gasteiger partial charge on any atom is -0.462 e. The number of esters is 2. The van der Waals surface area contributed by atoms with Crippen molar-refractivity contribution in [3.05, 3.63) is 52.3 Å². The predicted octanol–water partition coefficient (Wildman–Crippen LogP) is 1.66. The molecule has 1 aliphatic rings. The molecule has 1 aromatic heterocycles. The number of aliphatic imine (C=N–C) groups is 1. The van der Waals surface area contributed by atoms with Crippen molar-refractivity contribution in [3.8, 4) is 0 Å². The van der Waals surface area contributed by atoms with Gasteiger partial charge in [0, 0.05) is 17.0 Å². The van der Waals surface area contributed by atoms with Crippen LogP contribution in [0.3, 0.4) is 0 Å². The van der Waals surface area contributed by atoms with Crippen LogP contribution in [0.4, 0.5) is 0 Å². The number of benzene rings is 1. The van der Waals surface area contributed by atoms with Crippen molar-refractivity contribution < 1.29 is 32.3 Å². The van der Waals surface area contributed by atoms with E-state index in [4.69, 9.17) is 9.47 Å². The zero-order valence-electron chi connectivity index (χ0n) is 17.9. The van der Waals surface area contributed by atoms with E-state index >= 15 is 0 Å². The van der Waals surface area contributed by atoms with Crippen molar-refractivity contribution in [1.82, 2.24) is 9.71 Å². The molecule has 0 atom stereocenters. The Kier molecular flexibility index (Phi) is 6.78. The SMILES string of the molecule is CCOC(=O)c1c(C)[nH]c(C)c1C(=O)COC(=O)CCN=C1NS(=O)(=O)c2ccccc21. The second-order valence-electron chi connectivity index (χ2n) is 7.01. The number of ketones is 1. The lowest BCUT2D eigenvalue weighted by Crippen LogP contribution is -2.23. The Morgan fingerprint density at radius 3 is 2.44 bits per heavy atom. The standard InChI is InChI=1S/C21H23N3O7S/c1-4-30-21(27)19-13(3)23-12(2)18(19)15(25)11-31-17(26)9-10-22-20-14-7-5-6-8-16(14)32(28,29)24-20/h5-8,23H,4,9-11H2,1-3H3,(H,22,24). The highest BCUT2D eigenvalue weighted by Gasteiger charge is 2.30. The van der Waals surface area contributed by atoms with Crippen LogP contribution in [0.1, 0.15) is 51.0 Å². The summed E-state index contributed by atoms with van der Waals surface area (Å²) in [7, 11) is -3.66. The number of nitrogens with one attached hydrogen (secondary N) is 2.